The molecular formula is C11H18N3O. The Kier molecular flexibility index (Phi) is 4.57. The summed E-state index contributed by atoms with van der Waals surface area (Å²) in [6.45, 7) is 3.83. The van der Waals surface area contributed by atoms with E-state index in [1.54, 1.807) is 0 Å². The maximum atomic E-state index is 11.3. The van der Waals surface area contributed by atoms with E-state index in [1.807, 2.05) is 0 Å². The van der Waals surface area contributed by atoms with Crippen molar-refractivity contribution in [2.24, 2.45) is 5.73 Å². The molecule has 1 aliphatic heterocycles. The Bertz CT molecular complexity index is 259. The zero-order valence-electron chi connectivity index (χ0n) is 9.20. The van der Waals surface area contributed by atoms with Crippen LogP contribution in [-0.4, -0.2) is 29.9 Å². The Morgan fingerprint density at radius 2 is 2.47 bits per heavy atom. The number of nitrogens with zero attached hydrogens (tertiary/aromatic N) is 2. The number of amides is 1. The first kappa shape index (κ1) is 12.0. The maximum absolute atomic E-state index is 11.3. The third-order valence-corrected chi connectivity index (χ3v) is 2.80. The molecule has 4 nitrogen and oxygen atoms in total. The Labute approximate surface area is 91.0 Å². The summed E-state index contributed by atoms with van der Waals surface area (Å²) >= 11 is 0. The van der Waals surface area contributed by atoms with Crippen molar-refractivity contribution >= 4 is 5.91 Å². The van der Waals surface area contributed by atoms with Gasteiger partial charge in [-0.1, -0.05) is 6.92 Å². The van der Waals surface area contributed by atoms with Crippen LogP contribution in [0.15, 0.2) is 0 Å². The molecular weight excluding hydrogens is 190 g/mol. The maximum Gasteiger partial charge on any atom is 0.234 e. The van der Waals surface area contributed by atoms with Crippen molar-refractivity contribution in [3.05, 3.63) is 5.92 Å². The summed E-state index contributed by atoms with van der Waals surface area (Å²) in [5.74, 6) is 0.496. The Morgan fingerprint density at radius 1 is 1.73 bits per heavy atom. The normalized spacial score (nSPS) is 24.4. The largest absolute Gasteiger partial charge is 0.368 e. The predicted molar refractivity (Wildman–Crippen MR) is 57.6 cm³/mol. The molecule has 1 heterocycles. The van der Waals surface area contributed by atoms with Gasteiger partial charge in [0.25, 0.3) is 0 Å². The van der Waals surface area contributed by atoms with E-state index < -0.39 is 0 Å². The van der Waals surface area contributed by atoms with Crippen molar-refractivity contribution in [2.75, 3.05) is 13.1 Å². The lowest BCUT2D eigenvalue weighted by molar-refractivity contribution is -0.123. The first-order valence-electron chi connectivity index (χ1n) is 5.47. The Hall–Kier alpha value is -1.08. The second-order valence-corrected chi connectivity index (χ2v) is 3.98. The van der Waals surface area contributed by atoms with E-state index >= 15 is 0 Å². The van der Waals surface area contributed by atoms with Gasteiger partial charge in [-0.15, -0.1) is 0 Å². The molecule has 0 saturated carbocycles. The Balaban J connectivity index is 2.70. The van der Waals surface area contributed by atoms with Gasteiger partial charge < -0.3 is 5.73 Å². The lowest BCUT2D eigenvalue weighted by Crippen LogP contribution is -2.45. The van der Waals surface area contributed by atoms with Crippen LogP contribution in [0.5, 0.6) is 0 Å². The number of hydrogen-bond donors (Lipinski definition) is 1. The SMILES string of the molecule is CCCN1CCC[C](C#N)CC1C(N)=O. The molecule has 4 heteroatoms. The number of rotatable bonds is 3. The molecule has 0 aliphatic carbocycles. The quantitative estimate of drug-likeness (QED) is 0.747. The van der Waals surface area contributed by atoms with Gasteiger partial charge in [-0.3, -0.25) is 9.69 Å². The standard InChI is InChI=1S/C11H18N3O/c1-2-5-14-6-3-4-9(8-12)7-10(14)11(13)15/h10H,2-7H2,1H3,(H2,13,15). The molecule has 1 amide bonds. The highest BCUT2D eigenvalue weighted by atomic mass is 16.1. The molecule has 1 radical (unpaired) electrons. The van der Waals surface area contributed by atoms with Crippen molar-refractivity contribution in [3.63, 3.8) is 0 Å². The second-order valence-electron chi connectivity index (χ2n) is 3.98. The molecule has 2 N–H and O–H groups in total. The van der Waals surface area contributed by atoms with Gasteiger partial charge in [-0.05, 0) is 38.8 Å². The predicted octanol–water partition coefficient (Wildman–Crippen LogP) is 0.834. The zero-order valence-corrected chi connectivity index (χ0v) is 9.20. The summed E-state index contributed by atoms with van der Waals surface area (Å²) in [6, 6.07) is 1.90. The van der Waals surface area contributed by atoms with E-state index in [1.165, 1.54) is 0 Å². The monoisotopic (exact) mass is 208 g/mol. The minimum absolute atomic E-state index is 0.276. The van der Waals surface area contributed by atoms with Crippen molar-refractivity contribution in [1.29, 1.82) is 5.26 Å². The second kappa shape index (κ2) is 5.72. The highest BCUT2D eigenvalue weighted by Gasteiger charge is 2.29. The minimum Gasteiger partial charge on any atom is -0.368 e. The van der Waals surface area contributed by atoms with E-state index in [0.29, 0.717) is 6.42 Å². The molecule has 1 aliphatic rings. The van der Waals surface area contributed by atoms with Crippen LogP contribution in [0.1, 0.15) is 32.6 Å². The third-order valence-electron chi connectivity index (χ3n) is 2.80. The van der Waals surface area contributed by atoms with Crippen LogP contribution < -0.4 is 5.73 Å². The highest BCUT2D eigenvalue weighted by Crippen LogP contribution is 2.23. The summed E-state index contributed by atoms with van der Waals surface area (Å²) in [5, 5.41) is 8.87. The molecule has 15 heavy (non-hydrogen) atoms. The molecule has 1 rings (SSSR count). The van der Waals surface area contributed by atoms with E-state index in [-0.39, 0.29) is 11.9 Å². The van der Waals surface area contributed by atoms with Crippen LogP contribution in [0.2, 0.25) is 0 Å². The van der Waals surface area contributed by atoms with Crippen LogP contribution in [0.4, 0.5) is 0 Å². The van der Waals surface area contributed by atoms with Crippen molar-refractivity contribution in [2.45, 2.75) is 38.6 Å². The topological polar surface area (TPSA) is 70.1 Å². The number of nitrogens with two attached hydrogens (primary N) is 1. The third kappa shape index (κ3) is 3.21. The summed E-state index contributed by atoms with van der Waals surface area (Å²) in [6.07, 6.45) is 3.28. The van der Waals surface area contributed by atoms with Gasteiger partial charge in [-0.2, -0.15) is 5.26 Å². The first-order valence-corrected chi connectivity index (χ1v) is 5.47. The van der Waals surface area contributed by atoms with E-state index in [2.05, 4.69) is 17.9 Å². The molecule has 1 atom stereocenters. The average Bonchev–Trinajstić information content (AvgIpc) is 2.41. The smallest absolute Gasteiger partial charge is 0.234 e. The van der Waals surface area contributed by atoms with Crippen LogP contribution in [0.25, 0.3) is 0 Å². The first-order chi connectivity index (χ1) is 7.19. The van der Waals surface area contributed by atoms with Crippen LogP contribution >= 0.6 is 0 Å². The number of carbonyl (C=O) groups is 1. The van der Waals surface area contributed by atoms with E-state index in [0.717, 1.165) is 38.3 Å². The number of primary amides is 1. The number of nitriles is 1. The van der Waals surface area contributed by atoms with Crippen LogP contribution in [-0.2, 0) is 4.79 Å². The average molecular weight is 208 g/mol. The van der Waals surface area contributed by atoms with E-state index in [4.69, 9.17) is 11.0 Å². The summed E-state index contributed by atoms with van der Waals surface area (Å²) in [4.78, 5) is 13.4. The Morgan fingerprint density at radius 3 is 3.00 bits per heavy atom. The molecule has 0 aromatic carbocycles. The fourth-order valence-electron chi connectivity index (χ4n) is 2.05. The van der Waals surface area contributed by atoms with Crippen LogP contribution in [0, 0.1) is 17.2 Å². The molecule has 0 spiro atoms. The van der Waals surface area contributed by atoms with Gasteiger partial charge in [0.15, 0.2) is 0 Å². The van der Waals surface area contributed by atoms with Gasteiger partial charge in [-0.25, -0.2) is 0 Å². The molecule has 1 saturated heterocycles. The summed E-state index contributed by atoms with van der Waals surface area (Å²) < 4.78 is 0. The number of hydrogen-bond acceptors (Lipinski definition) is 3. The molecule has 1 fully saturated rings. The lowest BCUT2D eigenvalue weighted by atomic mass is 9.98. The number of carbonyl (C=O) groups excluding carboxylic acids is 1. The van der Waals surface area contributed by atoms with Gasteiger partial charge in [0.05, 0.1) is 18.0 Å². The van der Waals surface area contributed by atoms with Crippen molar-refractivity contribution < 1.29 is 4.79 Å². The molecule has 0 bridgehead atoms. The van der Waals surface area contributed by atoms with Gasteiger partial charge >= 0.3 is 0 Å². The fraction of sp³-hybridized carbons (Fsp3) is 0.727. The highest BCUT2D eigenvalue weighted by molar-refractivity contribution is 5.80. The zero-order chi connectivity index (χ0) is 11.3. The van der Waals surface area contributed by atoms with Gasteiger partial charge in [0, 0.05) is 0 Å². The summed E-state index contributed by atoms with van der Waals surface area (Å²) in [5.41, 5.74) is 5.37. The number of likely N-dealkylation sites (tertiary alicyclic amines) is 1. The van der Waals surface area contributed by atoms with Gasteiger partial charge in [0.2, 0.25) is 5.91 Å². The molecule has 0 aromatic rings. The lowest BCUT2D eigenvalue weighted by Gasteiger charge is -2.26. The fourth-order valence-corrected chi connectivity index (χ4v) is 2.05. The minimum atomic E-state index is -0.307. The van der Waals surface area contributed by atoms with Crippen molar-refractivity contribution in [1.82, 2.24) is 4.90 Å². The van der Waals surface area contributed by atoms with Crippen molar-refractivity contribution in [3.8, 4) is 6.07 Å². The summed E-state index contributed by atoms with van der Waals surface area (Å²) in [7, 11) is 0. The molecule has 1 unspecified atom stereocenters. The molecule has 0 aromatic heterocycles. The molecule has 83 valence electrons. The van der Waals surface area contributed by atoms with Gasteiger partial charge in [0.1, 0.15) is 0 Å². The van der Waals surface area contributed by atoms with E-state index in [9.17, 15) is 4.79 Å². The van der Waals surface area contributed by atoms with Crippen LogP contribution in [0.3, 0.4) is 0 Å².